The normalized spacial score (nSPS) is 11.2. The van der Waals surface area contributed by atoms with Crippen LogP contribution in [0.4, 0.5) is 0 Å². The van der Waals surface area contributed by atoms with Crippen LogP contribution in [0.15, 0.2) is 36.5 Å². The first-order valence-corrected chi connectivity index (χ1v) is 13.2. The van der Waals surface area contributed by atoms with Gasteiger partial charge in [-0.05, 0) is 48.0 Å². The molecule has 0 aliphatic heterocycles. The highest BCUT2D eigenvalue weighted by molar-refractivity contribution is 14.2. The molecule has 0 fully saturated rings. The number of nitrogens with zero attached hydrogens (tertiary/aromatic N) is 1. The van der Waals surface area contributed by atoms with E-state index in [1.54, 1.807) is 20.9 Å². The quantitative estimate of drug-likeness (QED) is 0.145. The van der Waals surface area contributed by atoms with E-state index in [0.717, 1.165) is 13.1 Å². The second-order valence-corrected chi connectivity index (χ2v) is 6.76. The maximum atomic E-state index is 5.57. The molecule has 0 atom stereocenters. The smallest absolute Gasteiger partial charge is 0.171 e. The maximum Gasteiger partial charge on any atom is 0.171 e. The van der Waals surface area contributed by atoms with Crippen LogP contribution >= 0.6 is 42.1 Å². The molecule has 0 rings (SSSR count). The molecule has 0 aliphatic rings. The monoisotopic (exact) mass is 489 g/mol. The Morgan fingerprint density at radius 3 is 2.04 bits per heavy atom. The van der Waals surface area contributed by atoms with Crippen LogP contribution in [-0.2, 0) is 9.47 Å². The predicted octanol–water partition coefficient (Wildman–Crippen LogP) is 6.38. The Morgan fingerprint density at radius 1 is 1.21 bits per heavy atom. The van der Waals surface area contributed by atoms with Gasteiger partial charge in [0, 0.05) is 41.0 Å². The van der Waals surface area contributed by atoms with Gasteiger partial charge in [0.15, 0.2) is 6.29 Å². The highest BCUT2D eigenvalue weighted by atomic mass is 127. The third-order valence-electron chi connectivity index (χ3n) is 2.28. The zero-order chi connectivity index (χ0) is 19.2. The molecule has 6 heteroatoms. The average Bonchev–Trinajstić information content (AvgIpc) is 2.60. The molecule has 144 valence electrons. The Balaban J connectivity index is -0.000000786. The molecule has 0 radical (unpaired) electrons. The lowest BCUT2D eigenvalue weighted by molar-refractivity contribution is -0.139. The Labute approximate surface area is 171 Å². The summed E-state index contributed by atoms with van der Waals surface area (Å²) in [4.78, 5) is 0. The zero-order valence-electron chi connectivity index (χ0n) is 16.4. The fourth-order valence-corrected chi connectivity index (χ4v) is 2.69. The lowest BCUT2D eigenvalue weighted by Gasteiger charge is -2.24. The minimum Gasteiger partial charge on any atom is -0.352 e. The van der Waals surface area contributed by atoms with Crippen molar-refractivity contribution in [2.75, 3.05) is 38.8 Å². The van der Waals surface area contributed by atoms with Crippen molar-refractivity contribution < 1.29 is 9.47 Å². The lowest BCUT2D eigenvalue weighted by atomic mass is 10.2. The number of allylic oxidation sites excluding steroid dienone is 3. The predicted molar refractivity (Wildman–Crippen MR) is 124 cm³/mol. The van der Waals surface area contributed by atoms with Gasteiger partial charge >= 0.3 is 0 Å². The van der Waals surface area contributed by atoms with Crippen molar-refractivity contribution in [3.8, 4) is 0 Å². The van der Waals surface area contributed by atoms with Crippen molar-refractivity contribution in [1.82, 2.24) is 4.31 Å². The fraction of sp³-hybridized carbons (Fsp3) is 0.667. The van der Waals surface area contributed by atoms with Gasteiger partial charge in [-0.25, -0.2) is 4.31 Å². The highest BCUT2D eigenvalue weighted by Gasteiger charge is 2.15. The highest BCUT2D eigenvalue weighted by Crippen LogP contribution is 2.21. The van der Waals surface area contributed by atoms with Crippen LogP contribution in [0.5, 0.6) is 0 Å². The first kappa shape index (κ1) is 29.3. The van der Waals surface area contributed by atoms with Gasteiger partial charge in [0.25, 0.3) is 0 Å². The van der Waals surface area contributed by atoms with Crippen molar-refractivity contribution in [1.29, 1.82) is 0 Å². The third kappa shape index (κ3) is 20.6. The van der Waals surface area contributed by atoms with E-state index >= 15 is 0 Å². The Hall–Kier alpha value is 0.530. The molecule has 0 aromatic carbocycles. The Morgan fingerprint density at radius 2 is 1.71 bits per heavy atom. The van der Waals surface area contributed by atoms with Crippen LogP contribution in [0, 0.1) is 0 Å². The van der Waals surface area contributed by atoms with Crippen LogP contribution in [0.25, 0.3) is 0 Å². The van der Waals surface area contributed by atoms with Crippen LogP contribution < -0.4 is 0 Å². The fourth-order valence-electron chi connectivity index (χ4n) is 1.42. The largest absolute Gasteiger partial charge is 0.352 e. The van der Waals surface area contributed by atoms with Gasteiger partial charge in [0.1, 0.15) is 0 Å². The van der Waals surface area contributed by atoms with Gasteiger partial charge in [0.2, 0.25) is 0 Å². The molecule has 0 N–H and O–H groups in total. The van der Waals surface area contributed by atoms with E-state index in [9.17, 15) is 0 Å². The first-order valence-electron chi connectivity index (χ1n) is 8.24. The van der Waals surface area contributed by atoms with E-state index < -0.39 is 0 Å². The van der Waals surface area contributed by atoms with E-state index in [1.165, 1.54) is 5.57 Å². The molecular weight excluding hydrogens is 453 g/mol. The number of hydrogen-bond donors (Lipinski definition) is 0. The standard InChI is InChI=1S/C14H24INO2S.C2H6S.C2H6/c1-5-9-10-13(6-2)11-16(19-15)12-14(17-7-3)18-8-4;1-3-2;1-2/h5-6,9-10,14H,2,7-8,11-12H2,1,3-4H3;1-2H3;1-2H3/b9-5-,13-10+;;. The van der Waals surface area contributed by atoms with Crippen molar-refractivity contribution in [2.45, 2.75) is 40.9 Å². The summed E-state index contributed by atoms with van der Waals surface area (Å²) in [7, 11) is 1.66. The summed E-state index contributed by atoms with van der Waals surface area (Å²) in [6.07, 6.45) is 11.9. The van der Waals surface area contributed by atoms with Gasteiger partial charge in [-0.1, -0.05) is 44.7 Å². The van der Waals surface area contributed by atoms with Crippen molar-refractivity contribution >= 4 is 42.1 Å². The second kappa shape index (κ2) is 25.8. The third-order valence-corrected chi connectivity index (χ3v) is 4.42. The average molecular weight is 490 g/mol. The minimum absolute atomic E-state index is 0.176. The van der Waals surface area contributed by atoms with Crippen LogP contribution in [0.2, 0.25) is 0 Å². The SMILES string of the molecule is C=C/C(=C\C=C/C)CN(CC(OCC)OCC)SI.CC.CSC. The summed E-state index contributed by atoms with van der Waals surface area (Å²) in [5, 5.41) is 0. The lowest BCUT2D eigenvalue weighted by Crippen LogP contribution is -2.32. The number of thioether (sulfide) groups is 1. The molecule has 3 nitrogen and oxygen atoms in total. The van der Waals surface area contributed by atoms with E-state index in [-0.39, 0.29) is 6.29 Å². The molecule has 0 saturated heterocycles. The summed E-state index contributed by atoms with van der Waals surface area (Å²) in [6, 6.07) is 0. The first-order chi connectivity index (χ1) is 11.6. The number of hydrogen-bond acceptors (Lipinski definition) is 5. The van der Waals surface area contributed by atoms with Crippen molar-refractivity contribution in [2.24, 2.45) is 0 Å². The summed E-state index contributed by atoms with van der Waals surface area (Å²) < 4.78 is 13.3. The topological polar surface area (TPSA) is 21.7 Å². The summed E-state index contributed by atoms with van der Waals surface area (Å²) >= 11 is 4.03. The molecule has 0 bridgehead atoms. The van der Waals surface area contributed by atoms with Gasteiger partial charge in [-0.15, -0.1) is 0 Å². The molecule has 0 aromatic rings. The van der Waals surface area contributed by atoms with Crippen LogP contribution in [-0.4, -0.2) is 49.4 Å². The molecule has 0 aromatic heterocycles. The van der Waals surface area contributed by atoms with Gasteiger partial charge in [-0.3, -0.25) is 0 Å². The molecule has 0 saturated carbocycles. The summed E-state index contributed by atoms with van der Waals surface area (Å²) in [5.41, 5.74) is 1.18. The molecule has 24 heavy (non-hydrogen) atoms. The number of halogens is 1. The second-order valence-electron chi connectivity index (χ2n) is 4.11. The van der Waals surface area contributed by atoms with Gasteiger partial charge in [-0.2, -0.15) is 11.8 Å². The molecule has 0 heterocycles. The molecule has 0 aliphatic carbocycles. The summed E-state index contributed by atoms with van der Waals surface area (Å²) in [6.45, 7) is 16.7. The summed E-state index contributed by atoms with van der Waals surface area (Å²) in [5.74, 6) is 0. The molecule has 0 unspecified atom stereocenters. The number of rotatable bonds is 11. The molecule has 0 spiro atoms. The Bertz CT molecular complexity index is 307. The zero-order valence-corrected chi connectivity index (χ0v) is 20.2. The molecular formula is C18H36INO2S2. The van der Waals surface area contributed by atoms with E-state index in [4.69, 9.17) is 9.47 Å². The van der Waals surface area contributed by atoms with Crippen molar-refractivity contribution in [3.63, 3.8) is 0 Å². The molecule has 0 amide bonds. The van der Waals surface area contributed by atoms with Crippen LogP contribution in [0.1, 0.15) is 34.6 Å². The van der Waals surface area contributed by atoms with E-state index in [2.05, 4.69) is 38.2 Å². The van der Waals surface area contributed by atoms with E-state index in [0.29, 0.717) is 13.2 Å². The maximum absolute atomic E-state index is 5.57. The van der Waals surface area contributed by atoms with Crippen molar-refractivity contribution in [3.05, 3.63) is 36.5 Å². The Kier molecular flexibility index (Phi) is 31.5. The van der Waals surface area contributed by atoms with Gasteiger partial charge in [0.05, 0.1) is 6.54 Å². The van der Waals surface area contributed by atoms with Gasteiger partial charge < -0.3 is 9.47 Å². The minimum atomic E-state index is -0.176. The van der Waals surface area contributed by atoms with Crippen LogP contribution in [0.3, 0.4) is 0 Å². The van der Waals surface area contributed by atoms with E-state index in [1.807, 2.05) is 65.4 Å². The number of ether oxygens (including phenoxy) is 2.